The molecule has 0 atom stereocenters. The number of nitrogens with one attached hydrogen (secondary N) is 1. The van der Waals surface area contributed by atoms with E-state index < -0.39 is 0 Å². The molecule has 1 aromatic carbocycles. The Balaban J connectivity index is 1.67. The van der Waals surface area contributed by atoms with Crippen LogP contribution in [0, 0.1) is 18.8 Å². The molecule has 0 spiro atoms. The maximum Gasteiger partial charge on any atom is 0.121 e. The fourth-order valence-electron chi connectivity index (χ4n) is 3.21. The van der Waals surface area contributed by atoms with E-state index in [1.165, 1.54) is 43.2 Å². The second-order valence-corrected chi connectivity index (χ2v) is 6.40. The number of hydrogen-bond donors (Lipinski definition) is 1. The van der Waals surface area contributed by atoms with E-state index in [1.807, 2.05) is 0 Å². The lowest BCUT2D eigenvalue weighted by Gasteiger charge is -2.26. The number of hydrogen-bond acceptors (Lipinski definition) is 2. The first-order valence-corrected chi connectivity index (χ1v) is 8.03. The van der Waals surface area contributed by atoms with E-state index in [4.69, 9.17) is 4.74 Å². The lowest BCUT2D eigenvalue weighted by molar-refractivity contribution is 0.275. The summed E-state index contributed by atoms with van der Waals surface area (Å²) in [5.41, 5.74) is 2.56. The zero-order chi connectivity index (χ0) is 14.4. The molecule has 0 bridgehead atoms. The van der Waals surface area contributed by atoms with E-state index in [2.05, 4.69) is 37.4 Å². The zero-order valence-electron chi connectivity index (χ0n) is 13.2. The van der Waals surface area contributed by atoms with Crippen molar-refractivity contribution >= 4 is 0 Å². The first-order chi connectivity index (χ1) is 9.69. The summed E-state index contributed by atoms with van der Waals surface area (Å²) in [4.78, 5) is 0. The van der Waals surface area contributed by atoms with Gasteiger partial charge in [0.25, 0.3) is 0 Å². The van der Waals surface area contributed by atoms with Crippen molar-refractivity contribution in [1.82, 2.24) is 5.32 Å². The molecule has 1 aliphatic rings. The van der Waals surface area contributed by atoms with Crippen LogP contribution in [0.1, 0.15) is 50.2 Å². The summed E-state index contributed by atoms with van der Waals surface area (Å²) in [6, 6.07) is 6.43. The van der Waals surface area contributed by atoms with Crippen LogP contribution in [-0.4, -0.2) is 13.7 Å². The summed E-state index contributed by atoms with van der Waals surface area (Å²) in [7, 11) is 1.73. The third kappa shape index (κ3) is 4.52. The van der Waals surface area contributed by atoms with Gasteiger partial charge < -0.3 is 10.1 Å². The molecule has 1 aromatic rings. The Labute approximate surface area is 123 Å². The Morgan fingerprint density at radius 1 is 1.20 bits per heavy atom. The Morgan fingerprint density at radius 3 is 2.60 bits per heavy atom. The van der Waals surface area contributed by atoms with E-state index in [0.29, 0.717) is 0 Å². The SMILES string of the molecule is COc1ccc(CNCCC2CCC(C)CC2)cc1C. The van der Waals surface area contributed by atoms with Gasteiger partial charge >= 0.3 is 0 Å². The highest BCUT2D eigenvalue weighted by molar-refractivity contribution is 5.36. The molecule has 2 rings (SSSR count). The second kappa shape index (κ2) is 7.68. The number of rotatable bonds is 6. The summed E-state index contributed by atoms with van der Waals surface area (Å²) in [5.74, 6) is 2.89. The van der Waals surface area contributed by atoms with Gasteiger partial charge in [-0.15, -0.1) is 0 Å². The molecule has 20 heavy (non-hydrogen) atoms. The maximum atomic E-state index is 5.29. The van der Waals surface area contributed by atoms with Crippen LogP contribution in [-0.2, 0) is 6.54 Å². The summed E-state index contributed by atoms with van der Waals surface area (Å²) in [6.45, 7) is 6.60. The van der Waals surface area contributed by atoms with Crippen molar-refractivity contribution in [1.29, 1.82) is 0 Å². The van der Waals surface area contributed by atoms with Crippen LogP contribution < -0.4 is 10.1 Å². The third-order valence-corrected chi connectivity index (χ3v) is 4.65. The molecule has 0 aromatic heterocycles. The second-order valence-electron chi connectivity index (χ2n) is 6.40. The number of ether oxygens (including phenoxy) is 1. The summed E-state index contributed by atoms with van der Waals surface area (Å²) >= 11 is 0. The fraction of sp³-hybridized carbons (Fsp3) is 0.667. The molecule has 1 N–H and O–H groups in total. The molecule has 1 saturated carbocycles. The summed E-state index contributed by atoms with van der Waals surface area (Å²) < 4.78 is 5.29. The highest BCUT2D eigenvalue weighted by Gasteiger charge is 2.17. The van der Waals surface area contributed by atoms with Crippen molar-refractivity contribution in [2.24, 2.45) is 11.8 Å². The molecular weight excluding hydrogens is 246 g/mol. The lowest BCUT2D eigenvalue weighted by atomic mass is 9.81. The Bertz CT molecular complexity index is 408. The summed E-state index contributed by atoms with van der Waals surface area (Å²) in [6.07, 6.45) is 7.07. The Hall–Kier alpha value is -1.02. The minimum absolute atomic E-state index is 0.955. The number of methoxy groups -OCH3 is 1. The minimum atomic E-state index is 0.955. The van der Waals surface area contributed by atoms with E-state index in [0.717, 1.165) is 30.7 Å². The largest absolute Gasteiger partial charge is 0.496 e. The molecule has 0 radical (unpaired) electrons. The van der Waals surface area contributed by atoms with Crippen LogP contribution in [0.4, 0.5) is 0 Å². The van der Waals surface area contributed by atoms with Gasteiger partial charge in [0.15, 0.2) is 0 Å². The average molecular weight is 275 g/mol. The molecule has 0 heterocycles. The predicted molar refractivity (Wildman–Crippen MR) is 85.2 cm³/mol. The predicted octanol–water partition coefficient (Wildman–Crippen LogP) is 4.31. The van der Waals surface area contributed by atoms with Crippen LogP contribution in [0.15, 0.2) is 18.2 Å². The average Bonchev–Trinajstić information content (AvgIpc) is 2.46. The molecule has 0 saturated heterocycles. The van der Waals surface area contributed by atoms with Crippen molar-refractivity contribution in [2.45, 2.75) is 52.5 Å². The molecule has 1 aliphatic carbocycles. The van der Waals surface area contributed by atoms with E-state index in [9.17, 15) is 0 Å². The first kappa shape index (κ1) is 15.4. The van der Waals surface area contributed by atoms with E-state index in [1.54, 1.807) is 7.11 Å². The number of benzene rings is 1. The van der Waals surface area contributed by atoms with Gasteiger partial charge in [0, 0.05) is 6.54 Å². The van der Waals surface area contributed by atoms with Gasteiger partial charge in [-0.3, -0.25) is 0 Å². The van der Waals surface area contributed by atoms with Gasteiger partial charge in [-0.05, 0) is 48.9 Å². The smallest absolute Gasteiger partial charge is 0.121 e. The minimum Gasteiger partial charge on any atom is -0.496 e. The molecule has 1 fully saturated rings. The standard InChI is InChI=1S/C18H29NO/c1-14-4-6-16(7-5-14)10-11-19-13-17-8-9-18(20-3)15(2)12-17/h8-9,12,14,16,19H,4-7,10-11,13H2,1-3H3. The van der Waals surface area contributed by atoms with Crippen molar-refractivity contribution in [3.8, 4) is 5.75 Å². The topological polar surface area (TPSA) is 21.3 Å². The quantitative estimate of drug-likeness (QED) is 0.781. The van der Waals surface area contributed by atoms with Crippen LogP contribution in [0.25, 0.3) is 0 Å². The molecule has 2 nitrogen and oxygen atoms in total. The van der Waals surface area contributed by atoms with Crippen LogP contribution >= 0.6 is 0 Å². The van der Waals surface area contributed by atoms with Crippen molar-refractivity contribution in [3.63, 3.8) is 0 Å². The van der Waals surface area contributed by atoms with Crippen molar-refractivity contribution in [3.05, 3.63) is 29.3 Å². The summed E-state index contributed by atoms with van der Waals surface area (Å²) in [5, 5.41) is 3.58. The molecule has 0 aliphatic heterocycles. The monoisotopic (exact) mass is 275 g/mol. The van der Waals surface area contributed by atoms with Crippen molar-refractivity contribution in [2.75, 3.05) is 13.7 Å². The normalized spacial score (nSPS) is 22.8. The highest BCUT2D eigenvalue weighted by Crippen LogP contribution is 2.29. The molecule has 0 unspecified atom stereocenters. The van der Waals surface area contributed by atoms with Gasteiger partial charge in [-0.25, -0.2) is 0 Å². The van der Waals surface area contributed by atoms with Crippen LogP contribution in [0.3, 0.4) is 0 Å². The number of aryl methyl sites for hydroxylation is 1. The maximum absolute atomic E-state index is 5.29. The van der Waals surface area contributed by atoms with Gasteiger partial charge in [-0.1, -0.05) is 44.7 Å². The van der Waals surface area contributed by atoms with Gasteiger partial charge in [0.1, 0.15) is 5.75 Å². The zero-order valence-corrected chi connectivity index (χ0v) is 13.2. The Kier molecular flexibility index (Phi) is 5.90. The van der Waals surface area contributed by atoms with Crippen LogP contribution in [0.5, 0.6) is 5.75 Å². The highest BCUT2D eigenvalue weighted by atomic mass is 16.5. The molecular formula is C18H29NO. The molecule has 112 valence electrons. The first-order valence-electron chi connectivity index (χ1n) is 8.03. The molecule has 0 amide bonds. The third-order valence-electron chi connectivity index (χ3n) is 4.65. The molecule has 2 heteroatoms. The lowest BCUT2D eigenvalue weighted by Crippen LogP contribution is -2.20. The van der Waals surface area contributed by atoms with E-state index >= 15 is 0 Å². The fourth-order valence-corrected chi connectivity index (χ4v) is 3.21. The van der Waals surface area contributed by atoms with Crippen LogP contribution in [0.2, 0.25) is 0 Å². The van der Waals surface area contributed by atoms with Gasteiger partial charge in [-0.2, -0.15) is 0 Å². The Morgan fingerprint density at radius 2 is 1.95 bits per heavy atom. The van der Waals surface area contributed by atoms with Gasteiger partial charge in [0.2, 0.25) is 0 Å². The van der Waals surface area contributed by atoms with Crippen molar-refractivity contribution < 1.29 is 4.74 Å². The van der Waals surface area contributed by atoms with Gasteiger partial charge in [0.05, 0.1) is 7.11 Å². The van der Waals surface area contributed by atoms with E-state index in [-0.39, 0.29) is 0 Å².